The summed E-state index contributed by atoms with van der Waals surface area (Å²) in [5, 5.41) is 102. The van der Waals surface area contributed by atoms with E-state index >= 15 is 0 Å². The molecule has 0 radical (unpaired) electrons. The van der Waals surface area contributed by atoms with Crippen LogP contribution in [-0.4, -0.2) is 163 Å². The predicted molar refractivity (Wildman–Crippen MR) is 287 cm³/mol. The Morgan fingerprint density at radius 2 is 0.973 bits per heavy atom. The minimum Gasteiger partial charge on any atom is -0.394 e. The molecule has 2 aliphatic rings. The van der Waals surface area contributed by atoms with Crippen molar-refractivity contribution in [2.75, 3.05) is 19.8 Å². The van der Waals surface area contributed by atoms with Crippen molar-refractivity contribution in [3.8, 4) is 0 Å². The molecule has 11 N–H and O–H groups in total. The number of nitrogens with one attached hydrogen (secondary N) is 2. The molecular formula is C57H110N2O15. The minimum absolute atomic E-state index is 0.202. The molecule has 2 amide bonds. The van der Waals surface area contributed by atoms with Crippen LogP contribution in [0.5, 0.6) is 0 Å². The predicted octanol–water partition coefficient (Wildman–Crippen LogP) is 6.89. The fourth-order valence-corrected chi connectivity index (χ4v) is 10.3. The average molecular weight is 1060 g/mol. The van der Waals surface area contributed by atoms with Crippen LogP contribution in [-0.2, 0) is 28.5 Å². The standard InChI is InChI=1S/C57H110N2O15/c1-5-7-8-9-10-11-12-13-14-15-16-17-18-21-25-28-31-34-37-45(64)55(70)59-43(49(65)44(63)36-33-30-27-24-22-19-20-23-26-29-32-35-41(3)6-2)40-71-57-53(69)52(68)54(47(39-61)73-57)74-56-48(58-42(4)62)51(67)50(66)46(38-60)72-56/h41,43-54,56-57,60-61,63-69H,5-40H2,1-4H3,(H,58,62)(H,59,70)/t41?,43-,44+,45+,46+,47+,48+,49-,50+,51+,52+,53+,54-,56+,57-/m0/s1. The molecule has 2 rings (SSSR count). The van der Waals surface area contributed by atoms with Crippen molar-refractivity contribution in [1.82, 2.24) is 10.6 Å². The van der Waals surface area contributed by atoms with Crippen molar-refractivity contribution < 1.29 is 74.5 Å². The van der Waals surface area contributed by atoms with Gasteiger partial charge in [-0.25, -0.2) is 0 Å². The number of ether oxygens (including phenoxy) is 4. The molecule has 1 unspecified atom stereocenters. The fraction of sp³-hybridized carbons (Fsp3) is 0.965. The first-order valence-corrected chi connectivity index (χ1v) is 29.8. The van der Waals surface area contributed by atoms with Crippen molar-refractivity contribution in [2.24, 2.45) is 5.92 Å². The van der Waals surface area contributed by atoms with Crippen LogP contribution >= 0.6 is 0 Å². The number of rotatable bonds is 46. The zero-order valence-corrected chi connectivity index (χ0v) is 46.6. The monoisotopic (exact) mass is 1060 g/mol. The van der Waals surface area contributed by atoms with Crippen LogP contribution in [0.2, 0.25) is 0 Å². The summed E-state index contributed by atoms with van der Waals surface area (Å²) in [6.07, 6.45) is 18.7. The van der Waals surface area contributed by atoms with Crippen molar-refractivity contribution in [1.29, 1.82) is 0 Å². The van der Waals surface area contributed by atoms with Crippen LogP contribution in [0.1, 0.15) is 240 Å². The summed E-state index contributed by atoms with van der Waals surface area (Å²) in [6.45, 7) is 5.93. The van der Waals surface area contributed by atoms with Gasteiger partial charge in [0.25, 0.3) is 0 Å². The number of amides is 2. The molecule has 15 atom stereocenters. The van der Waals surface area contributed by atoms with Gasteiger partial charge >= 0.3 is 0 Å². The minimum atomic E-state index is -1.86. The summed E-state index contributed by atoms with van der Waals surface area (Å²) in [7, 11) is 0. The Hall–Kier alpha value is -1.58. The number of aliphatic hydroxyl groups is 9. The first kappa shape index (κ1) is 68.5. The maximum absolute atomic E-state index is 13.4. The third kappa shape index (κ3) is 28.3. The van der Waals surface area contributed by atoms with E-state index in [0.29, 0.717) is 12.8 Å². The highest BCUT2D eigenvalue weighted by molar-refractivity contribution is 5.80. The summed E-state index contributed by atoms with van der Waals surface area (Å²) in [5.74, 6) is -0.561. The van der Waals surface area contributed by atoms with E-state index < -0.39 is 117 Å². The number of carbonyl (C=O) groups is 2. The molecular weight excluding hydrogens is 953 g/mol. The SMILES string of the molecule is CCCCCCCCCCCCCCCCCCCC[C@@H](O)C(=O)N[C@@H](CO[C@H]1O[C@H](CO)[C@H](O[C@H]2O[C@H](CO)[C@@H](O)[C@H](O)[C@H]2NC(C)=O)[C@H](O)[C@H]1O)[C@H](O)[C@H](O)CCCCCCCCCCCCCC(C)CC. The molecule has 0 bridgehead atoms. The maximum atomic E-state index is 13.4. The Kier molecular flexibility index (Phi) is 39.2. The Morgan fingerprint density at radius 3 is 1.42 bits per heavy atom. The van der Waals surface area contributed by atoms with Crippen molar-refractivity contribution in [3.63, 3.8) is 0 Å². The van der Waals surface area contributed by atoms with Gasteiger partial charge in [-0.15, -0.1) is 0 Å². The maximum Gasteiger partial charge on any atom is 0.249 e. The lowest BCUT2D eigenvalue weighted by Gasteiger charge is -2.47. The largest absolute Gasteiger partial charge is 0.394 e. The highest BCUT2D eigenvalue weighted by Gasteiger charge is 2.51. The van der Waals surface area contributed by atoms with E-state index in [1.54, 1.807) is 0 Å². The normalized spacial score (nSPS) is 26.3. The van der Waals surface area contributed by atoms with Crippen LogP contribution in [0.3, 0.4) is 0 Å². The van der Waals surface area contributed by atoms with Gasteiger partial charge in [0.15, 0.2) is 12.6 Å². The lowest BCUT2D eigenvalue weighted by molar-refractivity contribution is -0.347. The molecule has 0 aromatic heterocycles. The second-order valence-electron chi connectivity index (χ2n) is 22.0. The average Bonchev–Trinajstić information content (AvgIpc) is 3.39. The molecule has 74 heavy (non-hydrogen) atoms. The molecule has 2 aliphatic heterocycles. The number of carbonyl (C=O) groups excluding carboxylic acids is 2. The van der Waals surface area contributed by atoms with Crippen molar-refractivity contribution in [3.05, 3.63) is 0 Å². The summed E-state index contributed by atoms with van der Waals surface area (Å²) in [6, 6.07) is -2.67. The second kappa shape index (κ2) is 42.4. The summed E-state index contributed by atoms with van der Waals surface area (Å²) >= 11 is 0. The molecule has 2 saturated heterocycles. The van der Waals surface area contributed by atoms with Gasteiger partial charge in [0.1, 0.15) is 61.0 Å². The van der Waals surface area contributed by atoms with E-state index in [9.17, 15) is 55.5 Å². The van der Waals surface area contributed by atoms with E-state index in [1.807, 2.05) is 0 Å². The number of unbranched alkanes of at least 4 members (excludes halogenated alkanes) is 27. The molecule has 438 valence electrons. The Balaban J connectivity index is 1.91. The molecule has 2 heterocycles. The lowest BCUT2D eigenvalue weighted by atomic mass is 9.95. The third-order valence-corrected chi connectivity index (χ3v) is 15.5. The highest BCUT2D eigenvalue weighted by atomic mass is 16.7. The van der Waals surface area contributed by atoms with Gasteiger partial charge in [-0.1, -0.05) is 220 Å². The fourth-order valence-electron chi connectivity index (χ4n) is 10.3. The number of hydrogen-bond acceptors (Lipinski definition) is 15. The molecule has 0 saturated carbocycles. The Labute approximate surface area is 446 Å². The molecule has 17 nitrogen and oxygen atoms in total. The lowest BCUT2D eigenvalue weighted by Crippen LogP contribution is -2.67. The molecule has 0 aromatic carbocycles. The summed E-state index contributed by atoms with van der Waals surface area (Å²) in [4.78, 5) is 25.4. The van der Waals surface area contributed by atoms with Crippen LogP contribution in [0.4, 0.5) is 0 Å². The molecule has 0 aliphatic carbocycles. The Bertz CT molecular complexity index is 1370. The van der Waals surface area contributed by atoms with Gasteiger partial charge in [0, 0.05) is 6.92 Å². The van der Waals surface area contributed by atoms with Crippen LogP contribution < -0.4 is 10.6 Å². The van der Waals surface area contributed by atoms with E-state index in [-0.39, 0.29) is 12.8 Å². The van der Waals surface area contributed by atoms with E-state index in [2.05, 4.69) is 31.4 Å². The van der Waals surface area contributed by atoms with Gasteiger partial charge in [-0.2, -0.15) is 0 Å². The smallest absolute Gasteiger partial charge is 0.249 e. The number of hydrogen-bond donors (Lipinski definition) is 11. The highest BCUT2D eigenvalue weighted by Crippen LogP contribution is 2.30. The first-order chi connectivity index (χ1) is 35.7. The first-order valence-electron chi connectivity index (χ1n) is 29.8. The van der Waals surface area contributed by atoms with E-state index in [4.69, 9.17) is 18.9 Å². The Morgan fingerprint density at radius 1 is 0.541 bits per heavy atom. The zero-order chi connectivity index (χ0) is 54.5. The molecule has 17 heteroatoms. The van der Waals surface area contributed by atoms with Crippen LogP contribution in [0.15, 0.2) is 0 Å². The molecule has 0 aromatic rings. The van der Waals surface area contributed by atoms with Crippen LogP contribution in [0, 0.1) is 5.92 Å². The third-order valence-electron chi connectivity index (χ3n) is 15.5. The number of aliphatic hydroxyl groups excluding tert-OH is 9. The van der Waals surface area contributed by atoms with E-state index in [1.165, 1.54) is 141 Å². The zero-order valence-electron chi connectivity index (χ0n) is 46.6. The molecule has 2 fully saturated rings. The van der Waals surface area contributed by atoms with Crippen molar-refractivity contribution in [2.45, 2.75) is 325 Å². The van der Waals surface area contributed by atoms with Gasteiger partial charge < -0.3 is 75.5 Å². The molecule has 0 spiro atoms. The quantitative estimate of drug-likeness (QED) is 0.0277. The topological polar surface area (TPSA) is 277 Å². The van der Waals surface area contributed by atoms with E-state index in [0.717, 1.165) is 57.8 Å². The van der Waals surface area contributed by atoms with Gasteiger partial charge in [0.2, 0.25) is 11.8 Å². The van der Waals surface area contributed by atoms with Crippen molar-refractivity contribution >= 4 is 11.8 Å². The van der Waals surface area contributed by atoms with Gasteiger partial charge in [0.05, 0.1) is 32.0 Å². The summed E-state index contributed by atoms with van der Waals surface area (Å²) < 4.78 is 23.2. The van der Waals surface area contributed by atoms with Gasteiger partial charge in [-0.05, 0) is 18.8 Å². The summed E-state index contributed by atoms with van der Waals surface area (Å²) in [5.41, 5.74) is 0. The van der Waals surface area contributed by atoms with Gasteiger partial charge in [-0.3, -0.25) is 9.59 Å². The second-order valence-corrected chi connectivity index (χ2v) is 22.0. The van der Waals surface area contributed by atoms with Crippen LogP contribution in [0.25, 0.3) is 0 Å².